The maximum Gasteiger partial charge on any atom is 0.305 e. The first-order valence-electron chi connectivity index (χ1n) is 15.3. The molecule has 1 aliphatic heterocycles. The van der Waals surface area contributed by atoms with Crippen molar-refractivity contribution in [2.45, 2.75) is 135 Å². The fourth-order valence-electron chi connectivity index (χ4n) is 6.57. The van der Waals surface area contributed by atoms with Gasteiger partial charge in [-0.25, -0.2) is 0 Å². The van der Waals surface area contributed by atoms with E-state index in [9.17, 15) is 9.59 Å². The molecule has 0 unspecified atom stereocenters. The lowest BCUT2D eigenvalue weighted by Gasteiger charge is -2.33. The summed E-state index contributed by atoms with van der Waals surface area (Å²) < 4.78 is 5.06. The summed E-state index contributed by atoms with van der Waals surface area (Å²) in [5.41, 5.74) is 1.34. The zero-order chi connectivity index (χ0) is 26.3. The van der Waals surface area contributed by atoms with Crippen LogP contribution >= 0.6 is 0 Å². The van der Waals surface area contributed by atoms with E-state index in [1.165, 1.54) is 76.2 Å². The summed E-state index contributed by atoms with van der Waals surface area (Å²) in [6.45, 7) is 4.59. The molecule has 208 valence electrons. The van der Waals surface area contributed by atoms with E-state index >= 15 is 0 Å². The van der Waals surface area contributed by atoms with Gasteiger partial charge in [-0.05, 0) is 82.6 Å². The van der Waals surface area contributed by atoms with Crippen LogP contribution < -0.4 is 10.6 Å². The molecule has 37 heavy (non-hydrogen) atoms. The molecule has 3 aliphatic rings. The first kappa shape index (κ1) is 29.7. The summed E-state index contributed by atoms with van der Waals surface area (Å²) in [5.74, 6) is 1.75. The van der Waals surface area contributed by atoms with Crippen LogP contribution in [0.25, 0.3) is 0 Å². The molecular formula is C32H52N2O3. The van der Waals surface area contributed by atoms with Crippen molar-refractivity contribution in [1.29, 1.82) is 0 Å². The van der Waals surface area contributed by atoms with Crippen molar-refractivity contribution in [2.75, 3.05) is 6.61 Å². The molecule has 0 aromatic heterocycles. The van der Waals surface area contributed by atoms with Crippen LogP contribution in [0.3, 0.4) is 0 Å². The number of piperidine rings is 1. The second kappa shape index (κ2) is 16.9. The van der Waals surface area contributed by atoms with Gasteiger partial charge in [0.15, 0.2) is 0 Å². The van der Waals surface area contributed by atoms with Gasteiger partial charge in [-0.3, -0.25) is 9.59 Å². The van der Waals surface area contributed by atoms with Crippen molar-refractivity contribution < 1.29 is 14.3 Å². The molecule has 5 nitrogen and oxygen atoms in total. The molecule has 1 amide bonds. The Morgan fingerprint density at radius 3 is 2.30 bits per heavy atom. The second-order valence-corrected chi connectivity index (χ2v) is 11.5. The summed E-state index contributed by atoms with van der Waals surface area (Å²) >= 11 is 0. The van der Waals surface area contributed by atoms with E-state index in [-0.39, 0.29) is 11.9 Å². The van der Waals surface area contributed by atoms with E-state index in [1.807, 2.05) is 6.92 Å². The molecule has 1 heterocycles. The van der Waals surface area contributed by atoms with Crippen LogP contribution in [0.4, 0.5) is 0 Å². The predicted molar refractivity (Wildman–Crippen MR) is 151 cm³/mol. The van der Waals surface area contributed by atoms with Crippen LogP contribution in [0.5, 0.6) is 0 Å². The Morgan fingerprint density at radius 2 is 1.65 bits per heavy atom. The van der Waals surface area contributed by atoms with Crippen molar-refractivity contribution in [3.05, 3.63) is 35.9 Å². The lowest BCUT2D eigenvalue weighted by atomic mass is 9.81. The fourth-order valence-corrected chi connectivity index (χ4v) is 6.57. The molecule has 2 N–H and O–H groups in total. The second-order valence-electron chi connectivity index (χ2n) is 11.5. The van der Waals surface area contributed by atoms with Crippen molar-refractivity contribution in [1.82, 2.24) is 10.6 Å². The molecule has 0 spiro atoms. The molecule has 0 bridgehead atoms. The first-order valence-corrected chi connectivity index (χ1v) is 15.3. The average Bonchev–Trinajstić information content (AvgIpc) is 2.94. The number of amides is 1. The van der Waals surface area contributed by atoms with Gasteiger partial charge >= 0.3 is 5.97 Å². The summed E-state index contributed by atoms with van der Waals surface area (Å²) in [6, 6.07) is 12.0. The van der Waals surface area contributed by atoms with E-state index in [0.29, 0.717) is 31.2 Å². The number of ether oxygens (including phenoxy) is 1. The molecule has 5 heteroatoms. The van der Waals surface area contributed by atoms with Gasteiger partial charge < -0.3 is 15.4 Å². The fraction of sp³-hybridized carbons (Fsp3) is 0.750. The molecule has 1 saturated heterocycles. The third kappa shape index (κ3) is 10.8. The first-order chi connectivity index (χ1) is 18.1. The molecular weight excluding hydrogens is 460 g/mol. The van der Waals surface area contributed by atoms with Crippen molar-refractivity contribution in [2.24, 2.45) is 11.8 Å². The SMILES string of the molecule is CCOC(=O)CCC[C@H](N[C@@H](C)c1ccccc1)C1CCCCC1.O=C1CCC[C@@H](C2CCCCC2)N1. The third-order valence-electron chi connectivity index (χ3n) is 8.67. The number of rotatable bonds is 10. The average molecular weight is 513 g/mol. The van der Waals surface area contributed by atoms with Gasteiger partial charge in [0.05, 0.1) is 6.61 Å². The smallest absolute Gasteiger partial charge is 0.305 e. The zero-order valence-electron chi connectivity index (χ0n) is 23.5. The van der Waals surface area contributed by atoms with Gasteiger partial charge in [0.2, 0.25) is 5.91 Å². The van der Waals surface area contributed by atoms with Crippen LogP contribution in [0.1, 0.15) is 128 Å². The minimum absolute atomic E-state index is 0.0593. The topological polar surface area (TPSA) is 67.4 Å². The molecule has 3 fully saturated rings. The predicted octanol–water partition coefficient (Wildman–Crippen LogP) is 7.25. The summed E-state index contributed by atoms with van der Waals surface area (Å²) in [7, 11) is 0. The Morgan fingerprint density at radius 1 is 0.973 bits per heavy atom. The van der Waals surface area contributed by atoms with E-state index in [0.717, 1.165) is 37.5 Å². The van der Waals surface area contributed by atoms with Gasteiger partial charge in [0, 0.05) is 31.0 Å². The van der Waals surface area contributed by atoms with Gasteiger partial charge in [-0.2, -0.15) is 0 Å². The van der Waals surface area contributed by atoms with E-state index in [2.05, 4.69) is 47.9 Å². The maximum atomic E-state index is 11.6. The quantitative estimate of drug-likeness (QED) is 0.324. The van der Waals surface area contributed by atoms with Crippen LogP contribution in [-0.4, -0.2) is 30.6 Å². The number of carbonyl (C=O) groups is 2. The largest absolute Gasteiger partial charge is 0.466 e. The highest BCUT2D eigenvalue weighted by atomic mass is 16.5. The number of carbonyl (C=O) groups excluding carboxylic acids is 2. The van der Waals surface area contributed by atoms with E-state index < -0.39 is 0 Å². The third-order valence-corrected chi connectivity index (χ3v) is 8.67. The highest BCUT2D eigenvalue weighted by Gasteiger charge is 2.27. The van der Waals surface area contributed by atoms with Gasteiger partial charge in [-0.15, -0.1) is 0 Å². The Labute approximate surface area is 225 Å². The standard InChI is InChI=1S/C21H33NO2.C11H19NO/c1-3-24-21(23)16-10-15-20(19-13-8-5-9-14-19)22-17(2)18-11-6-4-7-12-18;13-11-8-4-7-10(12-11)9-5-2-1-3-6-9/h4,6-7,11-12,17,19-20,22H,3,5,8-10,13-16H2,1-2H3;9-10H,1-8H2,(H,12,13)/t17-,20-;10-/m00/s1. The summed E-state index contributed by atoms with van der Waals surface area (Å²) in [5, 5.41) is 7.00. The Hall–Kier alpha value is -1.88. The Balaban J connectivity index is 0.000000244. The molecule has 1 aromatic carbocycles. The van der Waals surface area contributed by atoms with Crippen LogP contribution in [0.15, 0.2) is 30.3 Å². The Kier molecular flexibility index (Phi) is 13.5. The maximum absolute atomic E-state index is 11.6. The summed E-state index contributed by atoms with van der Waals surface area (Å²) in [4.78, 5) is 22.8. The molecule has 1 aromatic rings. The zero-order valence-corrected chi connectivity index (χ0v) is 23.5. The molecule has 2 aliphatic carbocycles. The highest BCUT2D eigenvalue weighted by Crippen LogP contribution is 2.31. The van der Waals surface area contributed by atoms with Gasteiger partial charge in [-0.1, -0.05) is 68.9 Å². The van der Waals surface area contributed by atoms with Crippen molar-refractivity contribution >= 4 is 11.9 Å². The number of hydrogen-bond acceptors (Lipinski definition) is 4. The van der Waals surface area contributed by atoms with Crippen LogP contribution in [0, 0.1) is 11.8 Å². The van der Waals surface area contributed by atoms with Gasteiger partial charge in [0.1, 0.15) is 0 Å². The normalized spacial score (nSPS) is 22.8. The van der Waals surface area contributed by atoms with Gasteiger partial charge in [0.25, 0.3) is 0 Å². The molecule has 3 atom stereocenters. The highest BCUT2D eigenvalue weighted by molar-refractivity contribution is 5.77. The number of esters is 1. The van der Waals surface area contributed by atoms with E-state index in [1.54, 1.807) is 0 Å². The lowest BCUT2D eigenvalue weighted by molar-refractivity contribution is -0.143. The van der Waals surface area contributed by atoms with Crippen LogP contribution in [0.2, 0.25) is 0 Å². The number of hydrogen-bond donors (Lipinski definition) is 2. The van der Waals surface area contributed by atoms with Crippen molar-refractivity contribution in [3.63, 3.8) is 0 Å². The molecule has 0 radical (unpaired) electrons. The summed E-state index contributed by atoms with van der Waals surface area (Å²) in [6.07, 6.45) is 19.1. The lowest BCUT2D eigenvalue weighted by Crippen LogP contribution is -2.44. The number of nitrogens with one attached hydrogen (secondary N) is 2. The monoisotopic (exact) mass is 512 g/mol. The molecule has 4 rings (SSSR count). The minimum Gasteiger partial charge on any atom is -0.466 e. The van der Waals surface area contributed by atoms with E-state index in [4.69, 9.17) is 4.74 Å². The molecule has 2 saturated carbocycles. The number of benzene rings is 1. The Bertz CT molecular complexity index is 771. The minimum atomic E-state index is -0.0593. The van der Waals surface area contributed by atoms with Crippen LogP contribution in [-0.2, 0) is 14.3 Å². The van der Waals surface area contributed by atoms with Crippen molar-refractivity contribution in [3.8, 4) is 0 Å².